The van der Waals surface area contributed by atoms with Crippen LogP contribution in [0, 0.1) is 18.8 Å². The molecule has 0 radical (unpaired) electrons. The molecule has 3 N–H and O–H groups in total. The Morgan fingerprint density at radius 1 is 1.43 bits per heavy atom. The quantitative estimate of drug-likeness (QED) is 0.659. The van der Waals surface area contributed by atoms with Gasteiger partial charge in [0.1, 0.15) is 0 Å². The van der Waals surface area contributed by atoms with Gasteiger partial charge < -0.3 is 11.1 Å². The monoisotopic (exact) mass is 302 g/mol. The third kappa shape index (κ3) is 4.76. The zero-order valence-electron chi connectivity index (χ0n) is 11.2. The summed E-state index contributed by atoms with van der Waals surface area (Å²) < 4.78 is 49.6. The first-order valence-corrected chi connectivity index (χ1v) is 6.01. The molecule has 0 saturated carbocycles. The topological polar surface area (TPSA) is 55.1 Å². The fourth-order valence-corrected chi connectivity index (χ4v) is 1.48. The zero-order chi connectivity index (χ0) is 16.0. The minimum absolute atomic E-state index is 0.0339. The van der Waals surface area contributed by atoms with Crippen LogP contribution in [-0.4, -0.2) is 31.3 Å². The second kappa shape index (κ2) is 7.09. The fourth-order valence-electron chi connectivity index (χ4n) is 1.48. The predicted molar refractivity (Wildman–Crippen MR) is 70.4 cm³/mol. The van der Waals surface area contributed by atoms with Gasteiger partial charge in [-0.25, -0.2) is 8.78 Å². The van der Waals surface area contributed by atoms with E-state index >= 15 is 0 Å². The van der Waals surface area contributed by atoms with Gasteiger partial charge in [0.2, 0.25) is 0 Å². The molecule has 0 bridgehead atoms. The Morgan fingerprint density at radius 3 is 2.67 bits per heavy atom. The zero-order valence-corrected chi connectivity index (χ0v) is 11.2. The summed E-state index contributed by atoms with van der Waals surface area (Å²) in [6.07, 6.45) is -3.84. The molecular weight excluding hydrogens is 288 g/mol. The van der Waals surface area contributed by atoms with Gasteiger partial charge in [0.25, 0.3) is 5.91 Å². The highest BCUT2D eigenvalue weighted by molar-refractivity contribution is 5.96. The summed E-state index contributed by atoms with van der Waals surface area (Å²) in [4.78, 5) is 11.8. The van der Waals surface area contributed by atoms with Crippen LogP contribution in [0.4, 0.5) is 17.6 Å². The molecule has 1 aromatic carbocycles. The second-order valence-electron chi connectivity index (χ2n) is 4.30. The van der Waals surface area contributed by atoms with Crippen LogP contribution < -0.4 is 11.1 Å². The van der Waals surface area contributed by atoms with Crippen molar-refractivity contribution in [3.63, 3.8) is 0 Å². The first kappa shape index (κ1) is 17.0. The van der Waals surface area contributed by atoms with E-state index in [-0.39, 0.29) is 12.1 Å². The van der Waals surface area contributed by atoms with Crippen LogP contribution in [0.2, 0.25) is 0 Å². The van der Waals surface area contributed by atoms with Crippen LogP contribution in [0.1, 0.15) is 21.5 Å². The molecular formula is C14H14F4N2O. The standard InChI is InChI=1S/C14H14F4N2O/c1-9-4-5-11(10(7-9)3-2-6-19)12(21)20-8-14(17,18)13(15)16/h4-5,7,13H,6,8,19H2,1H3,(H,20,21). The highest BCUT2D eigenvalue weighted by atomic mass is 19.3. The Hall–Kier alpha value is -2.07. The van der Waals surface area contributed by atoms with E-state index in [1.54, 1.807) is 24.4 Å². The summed E-state index contributed by atoms with van der Waals surface area (Å²) in [6, 6.07) is 4.57. The van der Waals surface area contributed by atoms with E-state index in [9.17, 15) is 22.4 Å². The highest BCUT2D eigenvalue weighted by Crippen LogP contribution is 2.21. The number of hydrogen-bond acceptors (Lipinski definition) is 2. The van der Waals surface area contributed by atoms with Crippen molar-refractivity contribution in [2.24, 2.45) is 5.73 Å². The fraction of sp³-hybridized carbons (Fsp3) is 0.357. The summed E-state index contributed by atoms with van der Waals surface area (Å²) in [7, 11) is 0. The summed E-state index contributed by atoms with van der Waals surface area (Å²) >= 11 is 0. The number of benzene rings is 1. The summed E-state index contributed by atoms with van der Waals surface area (Å²) in [5, 5.41) is 1.79. The number of amides is 1. The molecule has 0 aliphatic heterocycles. The SMILES string of the molecule is Cc1ccc(C(=O)NCC(F)(F)C(F)F)c(C#CCN)c1. The molecule has 0 aliphatic carbocycles. The molecule has 0 aliphatic rings. The maximum atomic E-state index is 12.8. The maximum absolute atomic E-state index is 12.8. The van der Waals surface area contributed by atoms with Gasteiger partial charge >= 0.3 is 12.3 Å². The van der Waals surface area contributed by atoms with Crippen molar-refractivity contribution in [2.45, 2.75) is 19.3 Å². The normalized spacial score (nSPS) is 11.0. The van der Waals surface area contributed by atoms with Crippen molar-refractivity contribution in [2.75, 3.05) is 13.1 Å². The van der Waals surface area contributed by atoms with Crippen molar-refractivity contribution in [3.8, 4) is 11.8 Å². The first-order valence-electron chi connectivity index (χ1n) is 6.01. The Kier molecular flexibility index (Phi) is 5.73. The molecule has 0 atom stereocenters. The minimum Gasteiger partial charge on any atom is -0.346 e. The molecule has 3 nitrogen and oxygen atoms in total. The highest BCUT2D eigenvalue weighted by Gasteiger charge is 2.40. The Morgan fingerprint density at radius 2 is 2.10 bits per heavy atom. The van der Waals surface area contributed by atoms with Crippen LogP contribution in [0.15, 0.2) is 18.2 Å². The number of halogens is 4. The Labute approximate surface area is 119 Å². The molecule has 1 rings (SSSR count). The van der Waals surface area contributed by atoms with Crippen molar-refractivity contribution < 1.29 is 22.4 Å². The molecule has 114 valence electrons. The Balaban J connectivity index is 2.93. The number of nitrogens with two attached hydrogens (primary N) is 1. The molecule has 1 amide bonds. The molecule has 0 spiro atoms. The summed E-state index contributed by atoms with van der Waals surface area (Å²) in [5.41, 5.74) is 6.38. The van der Waals surface area contributed by atoms with Gasteiger partial charge in [-0.05, 0) is 24.6 Å². The lowest BCUT2D eigenvalue weighted by molar-refractivity contribution is -0.123. The lowest BCUT2D eigenvalue weighted by Gasteiger charge is -2.16. The van der Waals surface area contributed by atoms with Gasteiger partial charge in [-0.3, -0.25) is 4.79 Å². The van der Waals surface area contributed by atoms with Crippen molar-refractivity contribution >= 4 is 5.91 Å². The van der Waals surface area contributed by atoms with Crippen LogP contribution in [-0.2, 0) is 0 Å². The van der Waals surface area contributed by atoms with E-state index in [0.717, 1.165) is 5.56 Å². The van der Waals surface area contributed by atoms with Crippen molar-refractivity contribution in [3.05, 3.63) is 34.9 Å². The molecule has 1 aromatic rings. The van der Waals surface area contributed by atoms with Crippen LogP contribution in [0.3, 0.4) is 0 Å². The predicted octanol–water partition coefficient (Wildman–Crippen LogP) is 1.94. The number of carbonyl (C=O) groups excluding carboxylic acids is 1. The van der Waals surface area contributed by atoms with Crippen LogP contribution >= 0.6 is 0 Å². The second-order valence-corrected chi connectivity index (χ2v) is 4.30. The smallest absolute Gasteiger partial charge is 0.324 e. The number of nitrogens with one attached hydrogen (secondary N) is 1. The van der Waals surface area contributed by atoms with Crippen molar-refractivity contribution in [1.29, 1.82) is 0 Å². The van der Waals surface area contributed by atoms with Gasteiger partial charge in [0, 0.05) is 5.56 Å². The van der Waals surface area contributed by atoms with Gasteiger partial charge in [-0.1, -0.05) is 17.9 Å². The number of carbonyl (C=O) groups is 1. The number of rotatable bonds is 4. The van der Waals surface area contributed by atoms with Crippen LogP contribution in [0.5, 0.6) is 0 Å². The number of aryl methyl sites for hydroxylation is 1. The third-order valence-electron chi connectivity index (χ3n) is 2.55. The van der Waals surface area contributed by atoms with E-state index in [4.69, 9.17) is 5.73 Å². The van der Waals surface area contributed by atoms with E-state index in [1.807, 2.05) is 0 Å². The summed E-state index contributed by atoms with van der Waals surface area (Å²) in [5.74, 6) is 0.0240. The molecule has 7 heteroatoms. The third-order valence-corrected chi connectivity index (χ3v) is 2.55. The lowest BCUT2D eigenvalue weighted by atomic mass is 10.0. The van der Waals surface area contributed by atoms with Crippen molar-refractivity contribution in [1.82, 2.24) is 5.32 Å². The van der Waals surface area contributed by atoms with Gasteiger partial charge in [0.05, 0.1) is 18.7 Å². The van der Waals surface area contributed by atoms with Gasteiger partial charge in [-0.15, -0.1) is 0 Å². The van der Waals surface area contributed by atoms with Gasteiger partial charge in [-0.2, -0.15) is 8.78 Å². The first-order chi connectivity index (χ1) is 9.77. The number of hydrogen-bond donors (Lipinski definition) is 2. The summed E-state index contributed by atoms with van der Waals surface area (Å²) in [6.45, 7) is 0.389. The van der Waals surface area contributed by atoms with E-state index < -0.39 is 24.8 Å². The lowest BCUT2D eigenvalue weighted by Crippen LogP contribution is -2.41. The molecule has 0 saturated heterocycles. The molecule has 0 heterocycles. The molecule has 0 aromatic heterocycles. The minimum atomic E-state index is -4.27. The largest absolute Gasteiger partial charge is 0.346 e. The average Bonchev–Trinajstić information content (AvgIpc) is 2.42. The molecule has 21 heavy (non-hydrogen) atoms. The Bertz CT molecular complexity index is 576. The van der Waals surface area contributed by atoms with E-state index in [0.29, 0.717) is 5.56 Å². The maximum Gasteiger partial charge on any atom is 0.324 e. The number of alkyl halides is 4. The average molecular weight is 302 g/mol. The molecule has 0 fully saturated rings. The molecule has 0 unspecified atom stereocenters. The van der Waals surface area contributed by atoms with E-state index in [2.05, 4.69) is 11.8 Å². The van der Waals surface area contributed by atoms with Gasteiger partial charge in [0.15, 0.2) is 0 Å². The van der Waals surface area contributed by atoms with E-state index in [1.165, 1.54) is 6.07 Å². The van der Waals surface area contributed by atoms with Crippen LogP contribution in [0.25, 0.3) is 0 Å².